The molecule has 3 nitrogen and oxygen atoms in total. The Kier molecular flexibility index (Phi) is 4.53. The van der Waals surface area contributed by atoms with E-state index in [0.29, 0.717) is 11.3 Å². The maximum absolute atomic E-state index is 11.6. The van der Waals surface area contributed by atoms with Crippen molar-refractivity contribution in [2.75, 3.05) is 7.11 Å². The zero-order chi connectivity index (χ0) is 12.0. The molecule has 1 aromatic carbocycles. The molecule has 0 spiro atoms. The summed E-state index contributed by atoms with van der Waals surface area (Å²) < 4.78 is 5.14. The van der Waals surface area contributed by atoms with Gasteiger partial charge in [0.05, 0.1) is 19.6 Å². The molecule has 0 heterocycles. The lowest BCUT2D eigenvalue weighted by Crippen LogP contribution is -2.00. The number of aryl methyl sites for hydroxylation is 1. The molecule has 3 heteroatoms. The molecule has 0 atom stereocenters. The second-order valence-electron chi connectivity index (χ2n) is 3.58. The molecule has 0 saturated carbocycles. The Balaban J connectivity index is 3.04. The number of carbonyl (C=O) groups is 1. The van der Waals surface area contributed by atoms with Crippen LogP contribution < -0.4 is 4.74 Å². The van der Waals surface area contributed by atoms with E-state index >= 15 is 0 Å². The summed E-state index contributed by atoms with van der Waals surface area (Å²) in [5, 5.41) is 8.50. The number of carbonyl (C=O) groups excluding carboxylic acids is 1. The molecule has 0 aliphatic rings. The van der Waals surface area contributed by atoms with Gasteiger partial charge in [0.15, 0.2) is 5.78 Å². The van der Waals surface area contributed by atoms with E-state index in [1.54, 1.807) is 13.2 Å². The number of benzene rings is 1. The predicted molar refractivity (Wildman–Crippen MR) is 61.5 cm³/mol. The van der Waals surface area contributed by atoms with Gasteiger partial charge in [-0.3, -0.25) is 4.79 Å². The highest BCUT2D eigenvalue weighted by Crippen LogP contribution is 2.19. The monoisotopic (exact) mass is 217 g/mol. The fourth-order valence-electron chi connectivity index (χ4n) is 1.55. The number of hydrogen-bond acceptors (Lipinski definition) is 3. The highest BCUT2D eigenvalue weighted by molar-refractivity contribution is 5.97. The summed E-state index contributed by atoms with van der Waals surface area (Å²) >= 11 is 0. The average Bonchev–Trinajstić information content (AvgIpc) is 2.29. The third kappa shape index (κ3) is 3.09. The highest BCUT2D eigenvalue weighted by Gasteiger charge is 2.08. The lowest BCUT2D eigenvalue weighted by Gasteiger charge is -2.06. The second-order valence-corrected chi connectivity index (χ2v) is 3.58. The number of methoxy groups -OCH3 is 1. The average molecular weight is 217 g/mol. The first-order chi connectivity index (χ1) is 7.71. The summed E-state index contributed by atoms with van der Waals surface area (Å²) in [4.78, 5) is 11.6. The highest BCUT2D eigenvalue weighted by atomic mass is 16.5. The topological polar surface area (TPSA) is 50.1 Å². The lowest BCUT2D eigenvalue weighted by atomic mass is 10.0. The van der Waals surface area contributed by atoms with E-state index in [2.05, 4.69) is 6.92 Å². The van der Waals surface area contributed by atoms with Crippen LogP contribution in [0.15, 0.2) is 18.2 Å². The summed E-state index contributed by atoms with van der Waals surface area (Å²) in [5.41, 5.74) is 1.63. The van der Waals surface area contributed by atoms with Gasteiger partial charge in [0.1, 0.15) is 5.75 Å². The van der Waals surface area contributed by atoms with Crippen molar-refractivity contribution in [3.63, 3.8) is 0 Å². The van der Waals surface area contributed by atoms with Crippen LogP contribution in [0.4, 0.5) is 0 Å². The Morgan fingerprint density at radius 1 is 1.44 bits per heavy atom. The van der Waals surface area contributed by atoms with E-state index in [0.717, 1.165) is 18.4 Å². The van der Waals surface area contributed by atoms with E-state index in [9.17, 15) is 4.79 Å². The molecule has 0 aliphatic heterocycles. The van der Waals surface area contributed by atoms with E-state index in [4.69, 9.17) is 10.00 Å². The molecule has 0 amide bonds. The van der Waals surface area contributed by atoms with Crippen molar-refractivity contribution >= 4 is 5.78 Å². The number of Topliss-reactive ketones (excluding diaryl/α,β-unsaturated/α-hetero) is 1. The number of rotatable bonds is 5. The third-order valence-corrected chi connectivity index (χ3v) is 2.30. The van der Waals surface area contributed by atoms with Gasteiger partial charge >= 0.3 is 0 Å². The SMILES string of the molecule is CCCc1cc(OC)cc(C(=O)CC#N)c1. The summed E-state index contributed by atoms with van der Waals surface area (Å²) in [7, 11) is 1.57. The Bertz CT molecular complexity index is 418. The van der Waals surface area contributed by atoms with Gasteiger partial charge < -0.3 is 4.74 Å². The third-order valence-electron chi connectivity index (χ3n) is 2.30. The van der Waals surface area contributed by atoms with Gasteiger partial charge in [-0.25, -0.2) is 0 Å². The maximum atomic E-state index is 11.6. The largest absolute Gasteiger partial charge is 0.497 e. The quantitative estimate of drug-likeness (QED) is 0.712. The fourth-order valence-corrected chi connectivity index (χ4v) is 1.55. The van der Waals surface area contributed by atoms with Gasteiger partial charge in [0.2, 0.25) is 0 Å². The number of nitriles is 1. The van der Waals surface area contributed by atoms with Crippen molar-refractivity contribution in [2.45, 2.75) is 26.2 Å². The van der Waals surface area contributed by atoms with Gasteiger partial charge in [0.25, 0.3) is 0 Å². The normalized spacial score (nSPS) is 9.56. The molecular formula is C13H15NO2. The Morgan fingerprint density at radius 3 is 2.75 bits per heavy atom. The summed E-state index contributed by atoms with van der Waals surface area (Å²) in [6, 6.07) is 7.31. The molecule has 0 aliphatic carbocycles. The van der Waals surface area contributed by atoms with Gasteiger partial charge in [-0.1, -0.05) is 13.3 Å². The summed E-state index contributed by atoms with van der Waals surface area (Å²) in [6.07, 6.45) is 1.84. The molecule has 0 radical (unpaired) electrons. The van der Waals surface area contributed by atoms with Crippen LogP contribution in [0.1, 0.15) is 35.7 Å². The molecule has 1 rings (SSSR count). The van der Waals surface area contributed by atoms with E-state index in [1.165, 1.54) is 0 Å². The van der Waals surface area contributed by atoms with E-state index in [1.807, 2.05) is 18.2 Å². The van der Waals surface area contributed by atoms with Crippen molar-refractivity contribution in [3.8, 4) is 11.8 Å². The van der Waals surface area contributed by atoms with Crippen LogP contribution in [0.2, 0.25) is 0 Å². The van der Waals surface area contributed by atoms with Crippen LogP contribution in [-0.4, -0.2) is 12.9 Å². The molecule has 0 N–H and O–H groups in total. The van der Waals surface area contributed by atoms with Crippen molar-refractivity contribution in [2.24, 2.45) is 0 Å². The molecule has 0 bridgehead atoms. The maximum Gasteiger partial charge on any atom is 0.177 e. The molecule has 84 valence electrons. The zero-order valence-corrected chi connectivity index (χ0v) is 9.62. The number of nitrogens with zero attached hydrogens (tertiary/aromatic N) is 1. The predicted octanol–water partition coefficient (Wildman–Crippen LogP) is 2.74. The van der Waals surface area contributed by atoms with Gasteiger partial charge in [-0.15, -0.1) is 0 Å². The first kappa shape index (κ1) is 12.3. The van der Waals surface area contributed by atoms with Crippen LogP contribution in [0.25, 0.3) is 0 Å². The minimum absolute atomic E-state index is 0.0846. The number of ketones is 1. The van der Waals surface area contributed by atoms with Crippen LogP contribution in [-0.2, 0) is 6.42 Å². The lowest BCUT2D eigenvalue weighted by molar-refractivity contribution is 0.0997. The molecule has 1 aromatic rings. The standard InChI is InChI=1S/C13H15NO2/c1-3-4-10-7-11(13(15)5-6-14)9-12(8-10)16-2/h7-9H,3-5H2,1-2H3. The molecule has 16 heavy (non-hydrogen) atoms. The van der Waals surface area contributed by atoms with Gasteiger partial charge in [-0.2, -0.15) is 5.26 Å². The van der Waals surface area contributed by atoms with Crippen molar-refractivity contribution in [3.05, 3.63) is 29.3 Å². The van der Waals surface area contributed by atoms with Crippen LogP contribution >= 0.6 is 0 Å². The first-order valence-corrected chi connectivity index (χ1v) is 5.29. The number of ether oxygens (including phenoxy) is 1. The number of hydrogen-bond donors (Lipinski definition) is 0. The minimum Gasteiger partial charge on any atom is -0.497 e. The molecule has 0 aromatic heterocycles. The summed E-state index contributed by atoms with van der Waals surface area (Å²) in [6.45, 7) is 2.08. The Morgan fingerprint density at radius 2 is 2.19 bits per heavy atom. The van der Waals surface area contributed by atoms with Crippen LogP contribution in [0.3, 0.4) is 0 Å². The fraction of sp³-hybridized carbons (Fsp3) is 0.385. The Hall–Kier alpha value is -1.82. The molecule has 0 saturated heterocycles. The van der Waals surface area contributed by atoms with Crippen LogP contribution in [0.5, 0.6) is 5.75 Å². The van der Waals surface area contributed by atoms with Crippen molar-refractivity contribution in [1.29, 1.82) is 5.26 Å². The molecule has 0 fully saturated rings. The van der Waals surface area contributed by atoms with E-state index in [-0.39, 0.29) is 12.2 Å². The molecular weight excluding hydrogens is 202 g/mol. The minimum atomic E-state index is -0.154. The second kappa shape index (κ2) is 5.92. The first-order valence-electron chi connectivity index (χ1n) is 5.29. The summed E-state index contributed by atoms with van der Waals surface area (Å²) in [5.74, 6) is 0.519. The smallest absolute Gasteiger partial charge is 0.177 e. The van der Waals surface area contributed by atoms with Crippen LogP contribution in [0, 0.1) is 11.3 Å². The van der Waals surface area contributed by atoms with Gasteiger partial charge in [-0.05, 0) is 30.2 Å². The van der Waals surface area contributed by atoms with Crippen molar-refractivity contribution < 1.29 is 9.53 Å². The molecule has 0 unspecified atom stereocenters. The zero-order valence-electron chi connectivity index (χ0n) is 9.62. The Labute approximate surface area is 95.7 Å². The van der Waals surface area contributed by atoms with Gasteiger partial charge in [0, 0.05) is 5.56 Å². The van der Waals surface area contributed by atoms with E-state index < -0.39 is 0 Å². The van der Waals surface area contributed by atoms with Crippen molar-refractivity contribution in [1.82, 2.24) is 0 Å².